The van der Waals surface area contributed by atoms with E-state index in [-0.39, 0.29) is 12.1 Å². The first kappa shape index (κ1) is 20.5. The highest BCUT2D eigenvalue weighted by Gasteiger charge is 2.27. The molecule has 1 aliphatic carbocycles. The van der Waals surface area contributed by atoms with E-state index in [0.29, 0.717) is 33.6 Å². The molecule has 0 radical (unpaired) electrons. The van der Waals surface area contributed by atoms with Crippen molar-refractivity contribution >= 4 is 16.9 Å². The van der Waals surface area contributed by atoms with Crippen LogP contribution in [0.3, 0.4) is 0 Å². The molecule has 0 spiro atoms. The minimum atomic E-state index is -0.422. The van der Waals surface area contributed by atoms with Gasteiger partial charge in [-0.05, 0) is 48.4 Å². The van der Waals surface area contributed by atoms with Crippen molar-refractivity contribution in [1.82, 2.24) is 14.5 Å². The molecule has 1 amide bonds. The first-order valence-electron chi connectivity index (χ1n) is 10.6. The summed E-state index contributed by atoms with van der Waals surface area (Å²) in [4.78, 5) is 18.4. The van der Waals surface area contributed by atoms with Crippen molar-refractivity contribution in [3.05, 3.63) is 54.1 Å². The summed E-state index contributed by atoms with van der Waals surface area (Å²) in [6.07, 6.45) is 5.97. The van der Waals surface area contributed by atoms with Gasteiger partial charge in [-0.15, -0.1) is 0 Å². The van der Waals surface area contributed by atoms with E-state index in [2.05, 4.69) is 11.9 Å². The lowest BCUT2D eigenvalue weighted by Crippen LogP contribution is -2.29. The van der Waals surface area contributed by atoms with Crippen molar-refractivity contribution in [1.29, 1.82) is 0 Å². The number of nitrogens with zero attached hydrogens (tertiary/aromatic N) is 3. The van der Waals surface area contributed by atoms with Crippen molar-refractivity contribution in [3.8, 4) is 11.1 Å². The maximum absolute atomic E-state index is 15.5. The van der Waals surface area contributed by atoms with Gasteiger partial charge < -0.3 is 15.2 Å². The van der Waals surface area contributed by atoms with Crippen LogP contribution in [-0.2, 0) is 0 Å². The number of carbonyl (C=O) groups excluding carboxylic acids is 1. The van der Waals surface area contributed by atoms with Crippen LogP contribution in [0.15, 0.2) is 42.7 Å². The van der Waals surface area contributed by atoms with Gasteiger partial charge in [0.2, 0.25) is 0 Å². The van der Waals surface area contributed by atoms with Gasteiger partial charge in [0, 0.05) is 25.2 Å². The van der Waals surface area contributed by atoms with E-state index in [1.54, 1.807) is 44.7 Å². The Hall–Kier alpha value is -2.73. The molecule has 2 aromatic carbocycles. The number of hydrogen-bond acceptors (Lipinski definition) is 3. The van der Waals surface area contributed by atoms with Gasteiger partial charge in [0.15, 0.2) is 5.82 Å². The molecule has 1 fully saturated rings. The fourth-order valence-electron chi connectivity index (χ4n) is 4.51. The lowest BCUT2D eigenvalue weighted by Gasteiger charge is -2.31. The molecule has 1 atom stereocenters. The first-order chi connectivity index (χ1) is 14.4. The second-order valence-electron chi connectivity index (χ2n) is 8.70. The molecule has 1 saturated carbocycles. The molecule has 3 aromatic rings. The summed E-state index contributed by atoms with van der Waals surface area (Å²) in [6.45, 7) is 2.28. The Labute approximate surface area is 176 Å². The number of rotatable bonds is 4. The van der Waals surface area contributed by atoms with Crippen LogP contribution in [0.5, 0.6) is 0 Å². The van der Waals surface area contributed by atoms with Crippen LogP contribution < -0.4 is 5.73 Å². The molecular weight excluding hydrogens is 379 g/mol. The average Bonchev–Trinajstić information content (AvgIpc) is 3.18. The summed E-state index contributed by atoms with van der Waals surface area (Å²) < 4.78 is 17.4. The SMILES string of the molecule is CC1CCC(C(N)n2cnc3c(F)c(-c4ccccc4C(=O)N(C)C)ccc32)CC1. The Kier molecular flexibility index (Phi) is 5.60. The average molecular weight is 409 g/mol. The van der Waals surface area contributed by atoms with Gasteiger partial charge in [0.05, 0.1) is 18.0 Å². The Morgan fingerprint density at radius 1 is 1.13 bits per heavy atom. The Morgan fingerprint density at radius 3 is 2.53 bits per heavy atom. The number of hydrogen-bond donors (Lipinski definition) is 1. The summed E-state index contributed by atoms with van der Waals surface area (Å²) >= 11 is 0. The van der Waals surface area contributed by atoms with E-state index in [4.69, 9.17) is 5.73 Å². The zero-order chi connectivity index (χ0) is 21.4. The summed E-state index contributed by atoms with van der Waals surface area (Å²) in [7, 11) is 3.38. The fourth-order valence-corrected chi connectivity index (χ4v) is 4.51. The molecule has 1 unspecified atom stereocenters. The third-order valence-corrected chi connectivity index (χ3v) is 6.40. The van der Waals surface area contributed by atoms with Crippen LogP contribution in [0.1, 0.15) is 49.1 Å². The summed E-state index contributed by atoms with van der Waals surface area (Å²) in [5.41, 5.74) is 8.96. The highest BCUT2D eigenvalue weighted by Crippen LogP contribution is 2.36. The molecule has 4 rings (SSSR count). The maximum Gasteiger partial charge on any atom is 0.253 e. The quantitative estimate of drug-likeness (QED) is 0.673. The number of amides is 1. The van der Waals surface area contributed by atoms with E-state index < -0.39 is 5.82 Å². The van der Waals surface area contributed by atoms with Gasteiger partial charge in [-0.3, -0.25) is 4.79 Å². The molecule has 158 valence electrons. The maximum atomic E-state index is 15.5. The largest absolute Gasteiger partial charge is 0.345 e. The van der Waals surface area contributed by atoms with E-state index in [0.717, 1.165) is 18.8 Å². The second kappa shape index (κ2) is 8.19. The molecular formula is C24H29FN4O. The lowest BCUT2D eigenvalue weighted by molar-refractivity contribution is 0.0828. The standard InChI is InChI=1S/C24H29FN4O/c1-15-8-10-16(11-9-15)23(26)29-14-27-22-20(29)13-12-18(21(22)25)17-6-4-5-7-19(17)24(30)28(2)3/h4-7,12-16,23H,8-11,26H2,1-3H3. The van der Waals surface area contributed by atoms with E-state index in [1.165, 1.54) is 17.7 Å². The number of fused-ring (bicyclic) bond motifs is 1. The molecule has 1 aliphatic rings. The number of halogens is 1. The molecule has 1 heterocycles. The Bertz CT molecular complexity index is 1070. The van der Waals surface area contributed by atoms with E-state index in [9.17, 15) is 4.79 Å². The Balaban J connectivity index is 1.73. The molecule has 0 saturated heterocycles. The molecule has 5 nitrogen and oxygen atoms in total. The normalized spacial score (nSPS) is 20.3. The van der Waals surface area contributed by atoms with Crippen molar-refractivity contribution < 1.29 is 9.18 Å². The second-order valence-corrected chi connectivity index (χ2v) is 8.70. The third kappa shape index (κ3) is 3.60. The van der Waals surface area contributed by atoms with Gasteiger partial charge in [-0.2, -0.15) is 0 Å². The van der Waals surface area contributed by atoms with Crippen molar-refractivity contribution in [2.24, 2.45) is 17.6 Å². The molecule has 6 heteroatoms. The number of carbonyl (C=O) groups is 1. The fraction of sp³-hybridized carbons (Fsp3) is 0.417. The van der Waals surface area contributed by atoms with Crippen molar-refractivity contribution in [2.45, 2.75) is 38.8 Å². The van der Waals surface area contributed by atoms with Gasteiger partial charge in [0.25, 0.3) is 5.91 Å². The van der Waals surface area contributed by atoms with E-state index >= 15 is 4.39 Å². The lowest BCUT2D eigenvalue weighted by atomic mass is 9.81. The van der Waals surface area contributed by atoms with Gasteiger partial charge in [-0.1, -0.05) is 38.0 Å². The molecule has 0 aliphatic heterocycles. The zero-order valence-electron chi connectivity index (χ0n) is 17.8. The topological polar surface area (TPSA) is 64.2 Å². The number of nitrogens with two attached hydrogens (primary N) is 1. The number of imidazole rings is 1. The van der Waals surface area contributed by atoms with Crippen LogP contribution in [0.2, 0.25) is 0 Å². The van der Waals surface area contributed by atoms with Crippen molar-refractivity contribution in [2.75, 3.05) is 14.1 Å². The smallest absolute Gasteiger partial charge is 0.253 e. The van der Waals surface area contributed by atoms with Gasteiger partial charge in [0.1, 0.15) is 5.52 Å². The summed E-state index contributed by atoms with van der Waals surface area (Å²) in [6, 6.07) is 10.7. The predicted molar refractivity (Wildman–Crippen MR) is 117 cm³/mol. The summed E-state index contributed by atoms with van der Waals surface area (Å²) in [5, 5.41) is 0. The highest BCUT2D eigenvalue weighted by atomic mass is 19.1. The Morgan fingerprint density at radius 2 is 1.83 bits per heavy atom. The van der Waals surface area contributed by atoms with Crippen LogP contribution in [0, 0.1) is 17.7 Å². The van der Waals surface area contributed by atoms with Crippen LogP contribution >= 0.6 is 0 Å². The predicted octanol–water partition coefficient (Wildman–Crippen LogP) is 4.83. The van der Waals surface area contributed by atoms with Crippen LogP contribution in [0.4, 0.5) is 4.39 Å². The molecule has 30 heavy (non-hydrogen) atoms. The highest BCUT2D eigenvalue weighted by molar-refractivity contribution is 6.01. The number of aromatic nitrogens is 2. The van der Waals surface area contributed by atoms with Gasteiger partial charge in [-0.25, -0.2) is 9.37 Å². The zero-order valence-corrected chi connectivity index (χ0v) is 17.8. The monoisotopic (exact) mass is 408 g/mol. The van der Waals surface area contributed by atoms with Crippen LogP contribution in [-0.4, -0.2) is 34.5 Å². The van der Waals surface area contributed by atoms with E-state index in [1.807, 2.05) is 16.7 Å². The minimum absolute atomic E-state index is 0.163. The molecule has 2 N–H and O–H groups in total. The minimum Gasteiger partial charge on any atom is -0.345 e. The third-order valence-electron chi connectivity index (χ3n) is 6.40. The number of benzene rings is 2. The van der Waals surface area contributed by atoms with Crippen molar-refractivity contribution in [3.63, 3.8) is 0 Å². The summed E-state index contributed by atoms with van der Waals surface area (Å²) in [5.74, 6) is 0.539. The first-order valence-corrected chi connectivity index (χ1v) is 10.6. The van der Waals surface area contributed by atoms with Crippen LogP contribution in [0.25, 0.3) is 22.2 Å². The molecule has 0 bridgehead atoms. The molecule has 1 aromatic heterocycles. The van der Waals surface area contributed by atoms with Gasteiger partial charge >= 0.3 is 0 Å².